The maximum absolute atomic E-state index is 4.44. The third-order valence-corrected chi connectivity index (χ3v) is 2.88. The first-order chi connectivity index (χ1) is 8.86. The summed E-state index contributed by atoms with van der Waals surface area (Å²) in [5, 5.41) is 9.41. The average molecular weight is 238 g/mol. The molecule has 0 radical (unpaired) electrons. The molecule has 90 valence electrons. The van der Waals surface area contributed by atoms with Gasteiger partial charge in [-0.1, -0.05) is 30.3 Å². The highest BCUT2D eigenvalue weighted by Crippen LogP contribution is 2.20. The van der Waals surface area contributed by atoms with E-state index in [2.05, 4.69) is 34.4 Å². The van der Waals surface area contributed by atoms with Crippen LogP contribution in [0.4, 0.5) is 0 Å². The van der Waals surface area contributed by atoms with Crippen molar-refractivity contribution in [3.63, 3.8) is 0 Å². The number of hydrogen-bond acceptors (Lipinski definition) is 3. The lowest BCUT2D eigenvalue weighted by Gasteiger charge is -1.99. The van der Waals surface area contributed by atoms with Gasteiger partial charge in [0.15, 0.2) is 0 Å². The summed E-state index contributed by atoms with van der Waals surface area (Å²) in [5.74, 6) is 0. The van der Waals surface area contributed by atoms with Crippen molar-refractivity contribution < 1.29 is 0 Å². The second kappa shape index (κ2) is 4.56. The highest BCUT2D eigenvalue weighted by molar-refractivity contribution is 5.82. The molecule has 0 spiro atoms. The predicted molar refractivity (Wildman–Crippen MR) is 71.1 cm³/mol. The van der Waals surface area contributed by atoms with E-state index in [-0.39, 0.29) is 0 Å². The Labute approximate surface area is 105 Å². The third kappa shape index (κ3) is 1.97. The van der Waals surface area contributed by atoms with Gasteiger partial charge >= 0.3 is 0 Å². The van der Waals surface area contributed by atoms with Gasteiger partial charge in [0.25, 0.3) is 0 Å². The van der Waals surface area contributed by atoms with Gasteiger partial charge in [-0.05, 0) is 18.6 Å². The van der Waals surface area contributed by atoms with Crippen LogP contribution in [0.5, 0.6) is 0 Å². The van der Waals surface area contributed by atoms with Crippen molar-refractivity contribution in [1.29, 1.82) is 0 Å². The Balaban J connectivity index is 2.02. The van der Waals surface area contributed by atoms with E-state index in [0.717, 1.165) is 35.1 Å². The second-order valence-corrected chi connectivity index (χ2v) is 4.28. The van der Waals surface area contributed by atoms with Crippen molar-refractivity contribution in [2.45, 2.75) is 19.9 Å². The molecule has 2 heterocycles. The number of aryl methyl sites for hydroxylation is 1. The van der Waals surface area contributed by atoms with Crippen LogP contribution < -0.4 is 0 Å². The zero-order valence-electron chi connectivity index (χ0n) is 10.2. The van der Waals surface area contributed by atoms with E-state index >= 15 is 0 Å². The van der Waals surface area contributed by atoms with Crippen molar-refractivity contribution in [1.82, 2.24) is 20.0 Å². The summed E-state index contributed by atoms with van der Waals surface area (Å²) < 4.78 is 1.87. The lowest BCUT2D eigenvalue weighted by atomic mass is 10.1. The molecule has 4 nitrogen and oxygen atoms in total. The molecule has 3 rings (SSSR count). The van der Waals surface area contributed by atoms with Crippen LogP contribution in [0.15, 0.2) is 42.7 Å². The van der Waals surface area contributed by atoms with Gasteiger partial charge in [-0.3, -0.25) is 9.67 Å². The Morgan fingerprint density at radius 2 is 2.11 bits per heavy atom. The number of nitrogens with zero attached hydrogens (tertiary/aromatic N) is 4. The van der Waals surface area contributed by atoms with Crippen molar-refractivity contribution in [3.8, 4) is 11.3 Å². The Morgan fingerprint density at radius 3 is 3.00 bits per heavy atom. The van der Waals surface area contributed by atoms with E-state index in [9.17, 15) is 0 Å². The van der Waals surface area contributed by atoms with Crippen molar-refractivity contribution in [2.24, 2.45) is 0 Å². The number of rotatable bonds is 3. The molecule has 0 aliphatic carbocycles. The molecule has 18 heavy (non-hydrogen) atoms. The average Bonchev–Trinajstić information content (AvgIpc) is 2.87. The fourth-order valence-electron chi connectivity index (χ4n) is 1.98. The van der Waals surface area contributed by atoms with Gasteiger partial charge in [0.2, 0.25) is 0 Å². The van der Waals surface area contributed by atoms with Crippen LogP contribution in [0.3, 0.4) is 0 Å². The molecule has 2 aromatic heterocycles. The molecule has 0 unspecified atom stereocenters. The molecule has 0 N–H and O–H groups in total. The predicted octanol–water partition coefficient (Wildman–Crippen LogP) is 2.90. The maximum atomic E-state index is 4.44. The number of benzene rings is 1. The van der Waals surface area contributed by atoms with Crippen molar-refractivity contribution in [3.05, 3.63) is 42.7 Å². The Hall–Kier alpha value is -2.23. The van der Waals surface area contributed by atoms with E-state index in [1.165, 1.54) is 0 Å². The van der Waals surface area contributed by atoms with Gasteiger partial charge in [0, 0.05) is 23.7 Å². The van der Waals surface area contributed by atoms with E-state index in [1.807, 2.05) is 35.3 Å². The van der Waals surface area contributed by atoms with Crippen LogP contribution in [0.25, 0.3) is 22.2 Å². The fourth-order valence-corrected chi connectivity index (χ4v) is 1.98. The first-order valence-electron chi connectivity index (χ1n) is 6.12. The molecule has 1 aromatic carbocycles. The van der Waals surface area contributed by atoms with Gasteiger partial charge in [0.1, 0.15) is 5.69 Å². The molecule has 0 atom stereocenters. The molecular weight excluding hydrogens is 224 g/mol. The van der Waals surface area contributed by atoms with Gasteiger partial charge in [-0.25, -0.2) is 0 Å². The Bertz CT molecular complexity index is 672. The van der Waals surface area contributed by atoms with Crippen molar-refractivity contribution in [2.75, 3.05) is 0 Å². The molecule has 0 aliphatic heterocycles. The number of hydrogen-bond donors (Lipinski definition) is 0. The smallest absolute Gasteiger partial charge is 0.114 e. The highest BCUT2D eigenvalue weighted by Gasteiger charge is 2.05. The molecule has 3 aromatic rings. The molecule has 0 aliphatic rings. The van der Waals surface area contributed by atoms with Crippen LogP contribution in [-0.4, -0.2) is 20.0 Å². The van der Waals surface area contributed by atoms with Gasteiger partial charge < -0.3 is 0 Å². The van der Waals surface area contributed by atoms with Crippen molar-refractivity contribution >= 4 is 10.9 Å². The summed E-state index contributed by atoms with van der Waals surface area (Å²) in [5.41, 5.74) is 2.89. The molecular formula is C14H14N4. The zero-order chi connectivity index (χ0) is 12.4. The number of fused-ring (bicyclic) bond motifs is 1. The van der Waals surface area contributed by atoms with Gasteiger partial charge in [0.05, 0.1) is 11.7 Å². The number of aromatic nitrogens is 4. The lowest BCUT2D eigenvalue weighted by molar-refractivity contribution is 0.579. The molecule has 0 bridgehead atoms. The standard InChI is InChI=1S/C14H14N4/c1-2-7-18-10-14(16-17-18)12-8-11-5-3-4-6-13(11)15-9-12/h3-6,8-10H,2,7H2,1H3. The first kappa shape index (κ1) is 10.9. The SMILES string of the molecule is CCCn1cc(-c2cnc3ccccc3c2)nn1. The van der Waals surface area contributed by atoms with E-state index in [1.54, 1.807) is 0 Å². The van der Waals surface area contributed by atoms with Crippen LogP contribution in [0.2, 0.25) is 0 Å². The molecule has 0 amide bonds. The fraction of sp³-hybridized carbons (Fsp3) is 0.214. The van der Waals surface area contributed by atoms with E-state index in [4.69, 9.17) is 0 Å². The summed E-state index contributed by atoms with van der Waals surface area (Å²) in [6, 6.07) is 10.2. The van der Waals surface area contributed by atoms with Crippen LogP contribution in [0, 0.1) is 0 Å². The molecule has 0 fully saturated rings. The Kier molecular flexibility index (Phi) is 2.76. The monoisotopic (exact) mass is 238 g/mol. The van der Waals surface area contributed by atoms with Crippen LogP contribution >= 0.6 is 0 Å². The number of para-hydroxylation sites is 1. The minimum Gasteiger partial charge on any atom is -0.256 e. The maximum Gasteiger partial charge on any atom is 0.114 e. The van der Waals surface area contributed by atoms with Crippen LogP contribution in [-0.2, 0) is 6.54 Å². The lowest BCUT2D eigenvalue weighted by Crippen LogP contribution is -1.96. The minimum absolute atomic E-state index is 0.877. The molecule has 0 saturated carbocycles. The summed E-state index contributed by atoms with van der Waals surface area (Å²) in [6.45, 7) is 3.02. The first-order valence-corrected chi connectivity index (χ1v) is 6.12. The molecule has 0 saturated heterocycles. The minimum atomic E-state index is 0.877. The third-order valence-electron chi connectivity index (χ3n) is 2.88. The topological polar surface area (TPSA) is 43.6 Å². The van der Waals surface area contributed by atoms with Gasteiger partial charge in [-0.15, -0.1) is 5.10 Å². The zero-order valence-corrected chi connectivity index (χ0v) is 10.2. The Morgan fingerprint density at radius 1 is 1.22 bits per heavy atom. The normalized spacial score (nSPS) is 10.9. The highest BCUT2D eigenvalue weighted by atomic mass is 15.4. The van der Waals surface area contributed by atoms with E-state index in [0.29, 0.717) is 0 Å². The second-order valence-electron chi connectivity index (χ2n) is 4.28. The van der Waals surface area contributed by atoms with Crippen LogP contribution in [0.1, 0.15) is 13.3 Å². The summed E-state index contributed by atoms with van der Waals surface area (Å²) in [7, 11) is 0. The largest absolute Gasteiger partial charge is 0.256 e. The quantitative estimate of drug-likeness (QED) is 0.704. The van der Waals surface area contributed by atoms with E-state index < -0.39 is 0 Å². The summed E-state index contributed by atoms with van der Waals surface area (Å²) in [4.78, 5) is 4.44. The summed E-state index contributed by atoms with van der Waals surface area (Å²) >= 11 is 0. The summed E-state index contributed by atoms with van der Waals surface area (Å²) in [6.07, 6.45) is 4.87. The number of pyridine rings is 1. The van der Waals surface area contributed by atoms with Gasteiger partial charge in [-0.2, -0.15) is 0 Å². The molecule has 4 heteroatoms.